The minimum atomic E-state index is -0.902. The van der Waals surface area contributed by atoms with Gasteiger partial charge in [-0.1, -0.05) is 0 Å². The summed E-state index contributed by atoms with van der Waals surface area (Å²) in [5.41, 5.74) is 0.447. The molecular formula is C7H12N4O. The molecule has 0 aromatic heterocycles. The number of aliphatic hydroxyl groups excluding tert-OH is 1. The van der Waals surface area contributed by atoms with E-state index in [4.69, 9.17) is 0 Å². The summed E-state index contributed by atoms with van der Waals surface area (Å²) >= 11 is 0. The van der Waals surface area contributed by atoms with Crippen molar-refractivity contribution in [2.45, 2.75) is 6.23 Å². The molecule has 0 fully saturated rings. The lowest BCUT2D eigenvalue weighted by Crippen LogP contribution is -2.32. The first-order valence-electron chi connectivity index (χ1n) is 3.51. The SMILES string of the molecule is C=NC1=C(N(C)C)NC=NC1O. The Labute approximate surface area is 71.1 Å². The number of aliphatic imine (C=N–C) groups is 2. The van der Waals surface area contributed by atoms with Crippen LogP contribution in [0, 0.1) is 0 Å². The molecule has 0 radical (unpaired) electrons. The van der Waals surface area contributed by atoms with E-state index in [0.717, 1.165) is 0 Å². The molecule has 0 aromatic carbocycles. The van der Waals surface area contributed by atoms with Crippen molar-refractivity contribution in [3.63, 3.8) is 0 Å². The first-order chi connectivity index (χ1) is 5.66. The molecule has 0 bridgehead atoms. The molecule has 0 amide bonds. The molecule has 5 heteroatoms. The number of nitrogens with one attached hydrogen (secondary N) is 1. The fraction of sp³-hybridized carbons (Fsp3) is 0.429. The molecule has 1 heterocycles. The third-order valence-corrected chi connectivity index (χ3v) is 1.52. The van der Waals surface area contributed by atoms with Crippen molar-refractivity contribution >= 4 is 13.1 Å². The fourth-order valence-corrected chi connectivity index (χ4v) is 0.951. The van der Waals surface area contributed by atoms with Gasteiger partial charge in [0.05, 0.1) is 6.34 Å². The van der Waals surface area contributed by atoms with Gasteiger partial charge in [0.15, 0.2) is 6.23 Å². The van der Waals surface area contributed by atoms with Crippen molar-refractivity contribution < 1.29 is 5.11 Å². The third kappa shape index (κ3) is 1.45. The molecule has 0 saturated heterocycles. The van der Waals surface area contributed by atoms with Gasteiger partial charge in [-0.05, 0) is 6.72 Å². The van der Waals surface area contributed by atoms with Gasteiger partial charge in [0.25, 0.3) is 0 Å². The van der Waals surface area contributed by atoms with Gasteiger partial charge in [-0.15, -0.1) is 0 Å². The molecule has 12 heavy (non-hydrogen) atoms. The smallest absolute Gasteiger partial charge is 0.193 e. The summed E-state index contributed by atoms with van der Waals surface area (Å²) in [7, 11) is 3.69. The topological polar surface area (TPSA) is 60.2 Å². The van der Waals surface area contributed by atoms with E-state index in [2.05, 4.69) is 22.0 Å². The van der Waals surface area contributed by atoms with Gasteiger partial charge in [0, 0.05) is 14.1 Å². The number of hydrogen-bond donors (Lipinski definition) is 2. The van der Waals surface area contributed by atoms with Gasteiger partial charge in [0.1, 0.15) is 11.5 Å². The molecule has 1 atom stereocenters. The zero-order valence-electron chi connectivity index (χ0n) is 7.15. The maximum Gasteiger partial charge on any atom is 0.193 e. The third-order valence-electron chi connectivity index (χ3n) is 1.52. The van der Waals surface area contributed by atoms with Crippen LogP contribution in [0.5, 0.6) is 0 Å². The molecule has 5 nitrogen and oxygen atoms in total. The van der Waals surface area contributed by atoms with Crippen LogP contribution >= 0.6 is 0 Å². The van der Waals surface area contributed by atoms with Crippen LogP contribution in [0.1, 0.15) is 0 Å². The van der Waals surface area contributed by atoms with E-state index in [-0.39, 0.29) is 0 Å². The van der Waals surface area contributed by atoms with Crippen LogP contribution in [0.3, 0.4) is 0 Å². The number of rotatable bonds is 2. The van der Waals surface area contributed by atoms with E-state index in [9.17, 15) is 5.11 Å². The Bertz CT molecular complexity index is 244. The van der Waals surface area contributed by atoms with Gasteiger partial charge < -0.3 is 15.3 Å². The lowest BCUT2D eigenvalue weighted by atomic mass is 10.3. The largest absolute Gasteiger partial charge is 0.366 e. The van der Waals surface area contributed by atoms with E-state index in [1.807, 2.05) is 14.1 Å². The van der Waals surface area contributed by atoms with Crippen molar-refractivity contribution in [3.05, 3.63) is 11.5 Å². The summed E-state index contributed by atoms with van der Waals surface area (Å²) in [6, 6.07) is 0. The van der Waals surface area contributed by atoms with Crippen molar-refractivity contribution in [1.82, 2.24) is 10.2 Å². The van der Waals surface area contributed by atoms with Gasteiger partial charge in [-0.3, -0.25) is 4.99 Å². The summed E-state index contributed by atoms with van der Waals surface area (Å²) in [4.78, 5) is 9.21. The molecule has 0 saturated carbocycles. The summed E-state index contributed by atoms with van der Waals surface area (Å²) in [5.74, 6) is 0.715. The highest BCUT2D eigenvalue weighted by molar-refractivity contribution is 5.60. The number of hydrogen-bond acceptors (Lipinski definition) is 5. The van der Waals surface area contributed by atoms with E-state index in [1.165, 1.54) is 6.34 Å². The Balaban J connectivity index is 2.97. The van der Waals surface area contributed by atoms with Crippen LogP contribution in [0.2, 0.25) is 0 Å². The molecule has 1 rings (SSSR count). The Kier molecular flexibility index (Phi) is 2.44. The molecule has 1 aliphatic heterocycles. The zero-order chi connectivity index (χ0) is 9.14. The Morgan fingerprint density at radius 2 is 2.42 bits per heavy atom. The highest BCUT2D eigenvalue weighted by Gasteiger charge is 2.17. The molecule has 0 aliphatic carbocycles. The second-order valence-electron chi connectivity index (χ2n) is 2.58. The summed E-state index contributed by atoms with van der Waals surface area (Å²) < 4.78 is 0. The second kappa shape index (κ2) is 3.36. The summed E-state index contributed by atoms with van der Waals surface area (Å²) in [6.07, 6.45) is 0.537. The fourth-order valence-electron chi connectivity index (χ4n) is 0.951. The Morgan fingerprint density at radius 1 is 1.75 bits per heavy atom. The standard InChI is InChI=1S/C7H12N4O/c1-8-5-6(11(2)3)9-4-10-7(5)12/h4,7,12H,1H2,2-3H3,(H,9,10). The lowest BCUT2D eigenvalue weighted by molar-refractivity contribution is 0.211. The van der Waals surface area contributed by atoms with Crippen molar-refractivity contribution in [1.29, 1.82) is 0 Å². The average molecular weight is 168 g/mol. The van der Waals surface area contributed by atoms with Crippen LogP contribution in [-0.4, -0.2) is 43.4 Å². The zero-order valence-corrected chi connectivity index (χ0v) is 7.15. The van der Waals surface area contributed by atoms with Gasteiger partial charge in [-0.2, -0.15) is 0 Å². The van der Waals surface area contributed by atoms with Gasteiger partial charge >= 0.3 is 0 Å². The van der Waals surface area contributed by atoms with E-state index < -0.39 is 6.23 Å². The van der Waals surface area contributed by atoms with Crippen molar-refractivity contribution in [2.75, 3.05) is 14.1 Å². The first-order valence-corrected chi connectivity index (χ1v) is 3.51. The van der Waals surface area contributed by atoms with Crippen LogP contribution in [0.4, 0.5) is 0 Å². The molecule has 1 aliphatic rings. The average Bonchev–Trinajstić information content (AvgIpc) is 2.03. The minimum absolute atomic E-state index is 0.447. The molecule has 1 unspecified atom stereocenters. The highest BCUT2D eigenvalue weighted by Crippen LogP contribution is 2.13. The molecule has 0 aromatic rings. The van der Waals surface area contributed by atoms with Gasteiger partial charge in [-0.25, -0.2) is 4.99 Å². The van der Waals surface area contributed by atoms with Crippen LogP contribution in [0.15, 0.2) is 21.5 Å². The van der Waals surface area contributed by atoms with Crippen LogP contribution in [-0.2, 0) is 0 Å². The Hall–Kier alpha value is -1.36. The van der Waals surface area contributed by atoms with Crippen LogP contribution < -0.4 is 5.32 Å². The monoisotopic (exact) mass is 168 g/mol. The van der Waals surface area contributed by atoms with Gasteiger partial charge in [0.2, 0.25) is 0 Å². The van der Waals surface area contributed by atoms with Crippen LogP contribution in [0.25, 0.3) is 0 Å². The normalized spacial score (nSPS) is 22.1. The molecule has 66 valence electrons. The molecule has 2 N–H and O–H groups in total. The predicted molar refractivity (Wildman–Crippen MR) is 47.9 cm³/mol. The summed E-state index contributed by atoms with van der Waals surface area (Å²) in [5, 5.41) is 12.2. The first kappa shape index (κ1) is 8.73. The van der Waals surface area contributed by atoms with Crippen molar-refractivity contribution in [3.8, 4) is 0 Å². The predicted octanol–water partition coefficient (Wildman–Crippen LogP) is -0.632. The minimum Gasteiger partial charge on any atom is -0.366 e. The second-order valence-corrected chi connectivity index (χ2v) is 2.58. The Morgan fingerprint density at radius 3 is 2.83 bits per heavy atom. The number of nitrogens with zero attached hydrogens (tertiary/aromatic N) is 3. The van der Waals surface area contributed by atoms with E-state index in [0.29, 0.717) is 11.5 Å². The molecular weight excluding hydrogens is 156 g/mol. The van der Waals surface area contributed by atoms with Crippen molar-refractivity contribution in [2.24, 2.45) is 9.98 Å². The molecule has 0 spiro atoms. The van der Waals surface area contributed by atoms with E-state index in [1.54, 1.807) is 4.90 Å². The number of aliphatic hydroxyl groups is 1. The quantitative estimate of drug-likeness (QED) is 0.539. The maximum absolute atomic E-state index is 9.33. The van der Waals surface area contributed by atoms with E-state index >= 15 is 0 Å². The maximum atomic E-state index is 9.33. The summed E-state index contributed by atoms with van der Waals surface area (Å²) in [6.45, 7) is 3.36. The lowest BCUT2D eigenvalue weighted by Gasteiger charge is -2.23. The highest BCUT2D eigenvalue weighted by atomic mass is 16.3.